The third-order valence-electron chi connectivity index (χ3n) is 6.31. The first-order valence-electron chi connectivity index (χ1n) is 10.6. The van der Waals surface area contributed by atoms with E-state index < -0.39 is 0 Å². The average Bonchev–Trinajstić information content (AvgIpc) is 3.41. The van der Waals surface area contributed by atoms with Crippen LogP contribution in [-0.2, 0) is 9.53 Å². The molecule has 4 rings (SSSR count). The number of aromatic amines is 1. The number of rotatable bonds is 7. The number of carbonyl (C=O) groups excluding carboxylic acids is 2. The second-order valence-corrected chi connectivity index (χ2v) is 8.65. The van der Waals surface area contributed by atoms with Crippen LogP contribution in [0.4, 0.5) is 0 Å². The highest BCUT2D eigenvalue weighted by Crippen LogP contribution is 2.31. The lowest BCUT2D eigenvalue weighted by molar-refractivity contribution is -0.149. The fourth-order valence-corrected chi connectivity index (χ4v) is 4.31. The topological polar surface area (TPSA) is 77.7 Å². The molecule has 0 radical (unpaired) electrons. The summed E-state index contributed by atoms with van der Waals surface area (Å²) in [7, 11) is 0. The Morgan fingerprint density at radius 3 is 2.64 bits per heavy atom. The summed E-state index contributed by atoms with van der Waals surface area (Å²) in [6.45, 7) is 7.39. The zero-order chi connectivity index (χ0) is 19.5. The predicted octanol–water partition coefficient (Wildman–Crippen LogP) is 1.40. The number of likely N-dealkylation sites (tertiary alicyclic amines) is 1. The summed E-state index contributed by atoms with van der Waals surface area (Å²) >= 11 is 0. The molecular formula is C21H32N4O3. The lowest BCUT2D eigenvalue weighted by Crippen LogP contribution is -2.52. The van der Waals surface area contributed by atoms with E-state index in [9.17, 15) is 9.59 Å². The maximum atomic E-state index is 12.3. The molecule has 0 spiro atoms. The molecule has 1 saturated carbocycles. The number of aryl methyl sites for hydroxylation is 1. The molecule has 0 bridgehead atoms. The molecule has 1 aliphatic carbocycles. The molecule has 7 nitrogen and oxygen atoms in total. The third-order valence-corrected chi connectivity index (χ3v) is 6.31. The molecule has 28 heavy (non-hydrogen) atoms. The Morgan fingerprint density at radius 2 is 1.96 bits per heavy atom. The molecule has 2 saturated heterocycles. The van der Waals surface area contributed by atoms with Gasteiger partial charge in [-0.3, -0.25) is 9.59 Å². The van der Waals surface area contributed by atoms with Crippen molar-refractivity contribution in [2.75, 3.05) is 45.9 Å². The molecule has 3 aliphatic rings. The van der Waals surface area contributed by atoms with Gasteiger partial charge in [0.15, 0.2) is 0 Å². The van der Waals surface area contributed by atoms with E-state index >= 15 is 0 Å². The number of carbonyl (C=O) groups is 2. The van der Waals surface area contributed by atoms with E-state index in [0.29, 0.717) is 24.6 Å². The van der Waals surface area contributed by atoms with Crippen molar-refractivity contribution in [3.8, 4) is 0 Å². The van der Waals surface area contributed by atoms with Crippen LogP contribution < -0.4 is 5.32 Å². The van der Waals surface area contributed by atoms with Crippen LogP contribution in [0.25, 0.3) is 0 Å². The first kappa shape index (κ1) is 19.5. The normalized spacial score (nSPS) is 24.5. The number of ether oxygens (including phenoxy) is 1. The fraction of sp³-hybridized carbons (Fsp3) is 0.714. The van der Waals surface area contributed by atoms with Crippen molar-refractivity contribution < 1.29 is 14.3 Å². The monoisotopic (exact) mass is 388 g/mol. The van der Waals surface area contributed by atoms with Crippen molar-refractivity contribution in [2.45, 2.75) is 38.7 Å². The average molecular weight is 389 g/mol. The Hall–Kier alpha value is -1.86. The summed E-state index contributed by atoms with van der Waals surface area (Å²) in [6.07, 6.45) is 6.78. The highest BCUT2D eigenvalue weighted by atomic mass is 16.5. The van der Waals surface area contributed by atoms with Crippen molar-refractivity contribution in [3.63, 3.8) is 0 Å². The van der Waals surface area contributed by atoms with Gasteiger partial charge in [0.05, 0.1) is 11.7 Å². The molecule has 0 aromatic carbocycles. The number of nitrogens with zero attached hydrogens (tertiary/aromatic N) is 2. The maximum Gasteiger partial charge on any atom is 0.253 e. The Bertz CT molecular complexity index is 692. The summed E-state index contributed by atoms with van der Waals surface area (Å²) in [5.41, 5.74) is 1.51. The number of morpholine rings is 1. The van der Waals surface area contributed by atoms with Gasteiger partial charge in [0.2, 0.25) is 5.91 Å². The first-order chi connectivity index (χ1) is 13.6. The van der Waals surface area contributed by atoms with E-state index in [1.165, 1.54) is 32.2 Å². The number of aromatic nitrogens is 1. The van der Waals surface area contributed by atoms with Gasteiger partial charge in [0.1, 0.15) is 6.61 Å². The van der Waals surface area contributed by atoms with Crippen LogP contribution >= 0.6 is 0 Å². The summed E-state index contributed by atoms with van der Waals surface area (Å²) in [5.74, 6) is 1.50. The molecule has 3 fully saturated rings. The highest BCUT2D eigenvalue weighted by molar-refractivity contribution is 5.95. The summed E-state index contributed by atoms with van der Waals surface area (Å²) in [6, 6.07) is 1.78. The van der Waals surface area contributed by atoms with Crippen molar-refractivity contribution in [1.82, 2.24) is 20.1 Å². The molecule has 7 heteroatoms. The number of amides is 2. The largest absolute Gasteiger partial charge is 0.365 e. The molecule has 1 aromatic rings. The number of nitrogens with one attached hydrogen (secondary N) is 2. The van der Waals surface area contributed by atoms with Gasteiger partial charge in [-0.1, -0.05) is 0 Å². The lowest BCUT2D eigenvalue weighted by atomic mass is 9.95. The van der Waals surface area contributed by atoms with E-state index in [1.807, 2.05) is 11.8 Å². The van der Waals surface area contributed by atoms with Gasteiger partial charge in [0.25, 0.3) is 5.91 Å². The number of piperidine rings is 1. The van der Waals surface area contributed by atoms with Gasteiger partial charge in [0, 0.05) is 38.1 Å². The van der Waals surface area contributed by atoms with E-state index in [-0.39, 0.29) is 24.5 Å². The molecule has 1 atom stereocenters. The first-order valence-corrected chi connectivity index (χ1v) is 10.6. The van der Waals surface area contributed by atoms with Crippen molar-refractivity contribution >= 4 is 11.8 Å². The summed E-state index contributed by atoms with van der Waals surface area (Å²) in [5, 5.41) is 2.94. The Balaban J connectivity index is 1.21. The third kappa shape index (κ3) is 4.94. The van der Waals surface area contributed by atoms with E-state index in [1.54, 1.807) is 12.3 Å². The quantitative estimate of drug-likeness (QED) is 0.740. The Kier molecular flexibility index (Phi) is 6.01. The molecule has 3 heterocycles. The maximum absolute atomic E-state index is 12.3. The minimum atomic E-state index is -0.143. The minimum Gasteiger partial charge on any atom is -0.365 e. The van der Waals surface area contributed by atoms with E-state index in [4.69, 9.17) is 4.74 Å². The standard InChI is InChI=1S/C21H32N4O3/c1-15-19(4-7-22-15)21(27)23-10-18-13-25(20(26)14-28-18)12-17-5-8-24(9-6-17)11-16-2-3-16/h4,7,16-18,22H,2-3,5-6,8-14H2,1H3,(H,23,27). The van der Waals surface area contributed by atoms with E-state index in [0.717, 1.165) is 31.2 Å². The molecule has 2 aliphatic heterocycles. The fourth-order valence-electron chi connectivity index (χ4n) is 4.31. The number of hydrogen-bond donors (Lipinski definition) is 2. The number of H-pyrrole nitrogens is 1. The van der Waals surface area contributed by atoms with Crippen LogP contribution in [0.15, 0.2) is 12.3 Å². The predicted molar refractivity (Wildman–Crippen MR) is 106 cm³/mol. The smallest absolute Gasteiger partial charge is 0.253 e. The van der Waals surface area contributed by atoms with Gasteiger partial charge >= 0.3 is 0 Å². The van der Waals surface area contributed by atoms with Crippen LogP contribution in [-0.4, -0.2) is 78.6 Å². The summed E-state index contributed by atoms with van der Waals surface area (Å²) in [4.78, 5) is 32.1. The summed E-state index contributed by atoms with van der Waals surface area (Å²) < 4.78 is 5.65. The zero-order valence-corrected chi connectivity index (χ0v) is 16.8. The van der Waals surface area contributed by atoms with Crippen molar-refractivity contribution in [1.29, 1.82) is 0 Å². The van der Waals surface area contributed by atoms with Gasteiger partial charge in [-0.15, -0.1) is 0 Å². The van der Waals surface area contributed by atoms with Gasteiger partial charge in [-0.25, -0.2) is 0 Å². The second kappa shape index (κ2) is 8.66. The molecule has 154 valence electrons. The van der Waals surface area contributed by atoms with Crippen molar-refractivity contribution in [3.05, 3.63) is 23.5 Å². The van der Waals surface area contributed by atoms with Crippen LogP contribution in [0.2, 0.25) is 0 Å². The molecule has 1 aromatic heterocycles. The molecule has 2 amide bonds. The number of hydrogen-bond acceptors (Lipinski definition) is 4. The van der Waals surface area contributed by atoms with Crippen LogP contribution in [0, 0.1) is 18.8 Å². The lowest BCUT2D eigenvalue weighted by Gasteiger charge is -2.38. The van der Waals surface area contributed by atoms with Gasteiger partial charge in [-0.2, -0.15) is 0 Å². The highest BCUT2D eigenvalue weighted by Gasteiger charge is 2.31. The van der Waals surface area contributed by atoms with Gasteiger partial charge in [-0.05, 0) is 63.6 Å². The van der Waals surface area contributed by atoms with E-state index in [2.05, 4.69) is 15.2 Å². The Morgan fingerprint density at radius 1 is 1.21 bits per heavy atom. The van der Waals surface area contributed by atoms with Crippen LogP contribution in [0.1, 0.15) is 41.7 Å². The SMILES string of the molecule is Cc1[nH]ccc1C(=O)NCC1CN(CC2CCN(CC3CC3)CC2)C(=O)CO1. The molecule has 2 N–H and O–H groups in total. The molecule has 1 unspecified atom stereocenters. The van der Waals surface area contributed by atoms with Crippen molar-refractivity contribution in [2.24, 2.45) is 11.8 Å². The zero-order valence-electron chi connectivity index (χ0n) is 16.8. The minimum absolute atomic E-state index is 0.0736. The van der Waals surface area contributed by atoms with Crippen LogP contribution in [0.3, 0.4) is 0 Å². The Labute approximate surface area is 166 Å². The van der Waals surface area contributed by atoms with Crippen LogP contribution in [0.5, 0.6) is 0 Å². The second-order valence-electron chi connectivity index (χ2n) is 8.65. The van der Waals surface area contributed by atoms with Gasteiger partial charge < -0.3 is 24.8 Å². The molecular weight excluding hydrogens is 356 g/mol.